The summed E-state index contributed by atoms with van der Waals surface area (Å²) in [5.74, 6) is 0. The Hall–Kier alpha value is -0.620. The Kier molecular flexibility index (Phi) is 4.17. The van der Waals surface area contributed by atoms with Gasteiger partial charge in [0.15, 0.2) is 0 Å². The van der Waals surface area contributed by atoms with Gasteiger partial charge in [-0.1, -0.05) is 19.3 Å². The molecule has 6 heteroatoms. The smallest absolute Gasteiger partial charge is 0.328 e. The first-order valence-electron chi connectivity index (χ1n) is 4.36. The number of nitrogens with one attached hydrogen (secondary N) is 2. The van der Waals surface area contributed by atoms with E-state index < -0.39 is 17.3 Å². The first-order valence-corrected chi connectivity index (χ1v) is 5.47. The Morgan fingerprint density at radius 1 is 1.31 bits per heavy atom. The van der Waals surface area contributed by atoms with Gasteiger partial charge in [0.2, 0.25) is 0 Å². The van der Waals surface area contributed by atoms with Gasteiger partial charge in [0.1, 0.15) is 0 Å². The molecule has 1 unspecified atom stereocenters. The lowest BCUT2D eigenvalue weighted by atomic mass is 9.96. The van der Waals surface area contributed by atoms with Gasteiger partial charge >= 0.3 is 6.03 Å². The van der Waals surface area contributed by atoms with Crippen molar-refractivity contribution in [2.45, 2.75) is 38.1 Å². The van der Waals surface area contributed by atoms with Crippen molar-refractivity contribution in [1.29, 1.82) is 0 Å². The van der Waals surface area contributed by atoms with E-state index in [-0.39, 0.29) is 6.04 Å². The van der Waals surface area contributed by atoms with E-state index in [0.717, 1.165) is 25.7 Å². The number of carbonyl (C=O) groups is 1. The third-order valence-electron chi connectivity index (χ3n) is 2.12. The molecule has 0 aromatic carbocycles. The van der Waals surface area contributed by atoms with Crippen molar-refractivity contribution in [2.24, 2.45) is 0 Å². The third kappa shape index (κ3) is 4.23. The van der Waals surface area contributed by atoms with Crippen LogP contribution in [0.3, 0.4) is 0 Å². The van der Waals surface area contributed by atoms with Crippen LogP contribution < -0.4 is 10.0 Å². The molecule has 1 saturated carbocycles. The van der Waals surface area contributed by atoms with Crippen molar-refractivity contribution in [2.75, 3.05) is 0 Å². The highest BCUT2D eigenvalue weighted by atomic mass is 32.2. The van der Waals surface area contributed by atoms with Gasteiger partial charge in [0.05, 0.1) is 0 Å². The average molecular weight is 206 g/mol. The van der Waals surface area contributed by atoms with Crippen LogP contribution in [0.15, 0.2) is 0 Å². The Bertz CT molecular complexity index is 204. The molecule has 5 nitrogen and oxygen atoms in total. The summed E-state index contributed by atoms with van der Waals surface area (Å²) >= 11 is -2.26. The topological polar surface area (TPSA) is 78.4 Å². The highest BCUT2D eigenvalue weighted by Crippen LogP contribution is 2.16. The number of amides is 2. The fourth-order valence-electron chi connectivity index (χ4n) is 1.54. The summed E-state index contributed by atoms with van der Waals surface area (Å²) in [5, 5.41) is 2.65. The van der Waals surface area contributed by atoms with E-state index >= 15 is 0 Å². The van der Waals surface area contributed by atoms with E-state index in [4.69, 9.17) is 4.55 Å². The molecule has 0 aromatic rings. The molecule has 1 rings (SSSR count). The quantitative estimate of drug-likeness (QED) is 0.583. The Labute approximate surface area is 79.7 Å². The molecule has 0 aromatic heterocycles. The number of hydrogen-bond acceptors (Lipinski definition) is 2. The lowest BCUT2D eigenvalue weighted by Crippen LogP contribution is -2.43. The van der Waals surface area contributed by atoms with Crippen molar-refractivity contribution in [3.05, 3.63) is 0 Å². The van der Waals surface area contributed by atoms with Crippen LogP contribution in [0.4, 0.5) is 4.79 Å². The van der Waals surface area contributed by atoms with Gasteiger partial charge < -0.3 is 5.32 Å². The van der Waals surface area contributed by atoms with Gasteiger partial charge in [-0.3, -0.25) is 4.55 Å². The first-order chi connectivity index (χ1) is 6.18. The Balaban J connectivity index is 2.22. The van der Waals surface area contributed by atoms with E-state index in [0.29, 0.717) is 0 Å². The zero-order valence-corrected chi connectivity index (χ0v) is 8.10. The number of hydrogen-bond donors (Lipinski definition) is 3. The van der Waals surface area contributed by atoms with Gasteiger partial charge in [-0.25, -0.2) is 13.7 Å². The second kappa shape index (κ2) is 5.18. The second-order valence-electron chi connectivity index (χ2n) is 3.16. The maximum atomic E-state index is 10.9. The van der Waals surface area contributed by atoms with E-state index in [9.17, 15) is 9.00 Å². The van der Waals surface area contributed by atoms with E-state index in [1.165, 1.54) is 6.42 Å². The minimum Gasteiger partial charge on any atom is -0.335 e. The SMILES string of the molecule is O=C(NC1CCCCC1)NS(=O)O. The van der Waals surface area contributed by atoms with Gasteiger partial charge in [-0.15, -0.1) is 0 Å². The van der Waals surface area contributed by atoms with Crippen LogP contribution >= 0.6 is 0 Å². The number of urea groups is 1. The zero-order chi connectivity index (χ0) is 9.68. The maximum Gasteiger partial charge on any atom is 0.328 e. The minimum absolute atomic E-state index is 0.164. The molecule has 1 aliphatic rings. The number of carbonyl (C=O) groups excluding carboxylic acids is 1. The van der Waals surface area contributed by atoms with E-state index in [2.05, 4.69) is 5.32 Å². The average Bonchev–Trinajstić information content (AvgIpc) is 2.04. The molecule has 0 radical (unpaired) electrons. The molecule has 76 valence electrons. The van der Waals surface area contributed by atoms with Crippen molar-refractivity contribution in [3.63, 3.8) is 0 Å². The summed E-state index contributed by atoms with van der Waals surface area (Å²) in [5.41, 5.74) is 0. The second-order valence-corrected chi connectivity index (χ2v) is 3.86. The summed E-state index contributed by atoms with van der Waals surface area (Å²) in [7, 11) is 0. The van der Waals surface area contributed by atoms with Crippen LogP contribution in [0.25, 0.3) is 0 Å². The van der Waals surface area contributed by atoms with E-state index in [1.54, 1.807) is 0 Å². The minimum atomic E-state index is -2.26. The zero-order valence-electron chi connectivity index (χ0n) is 7.28. The largest absolute Gasteiger partial charge is 0.335 e. The summed E-state index contributed by atoms with van der Waals surface area (Å²) in [4.78, 5) is 10.9. The summed E-state index contributed by atoms with van der Waals surface area (Å²) in [6.07, 6.45) is 5.38. The fraction of sp³-hybridized carbons (Fsp3) is 0.857. The van der Waals surface area contributed by atoms with Crippen molar-refractivity contribution in [1.82, 2.24) is 10.0 Å². The van der Waals surface area contributed by atoms with Crippen molar-refractivity contribution in [3.8, 4) is 0 Å². The van der Waals surface area contributed by atoms with Crippen LogP contribution in [0.5, 0.6) is 0 Å². The molecule has 1 fully saturated rings. The molecule has 0 bridgehead atoms. The molecule has 0 saturated heterocycles. The molecule has 2 amide bonds. The van der Waals surface area contributed by atoms with Crippen LogP contribution in [0, 0.1) is 0 Å². The van der Waals surface area contributed by atoms with Crippen LogP contribution in [-0.4, -0.2) is 20.8 Å². The molecule has 1 aliphatic carbocycles. The van der Waals surface area contributed by atoms with Gasteiger partial charge in [0, 0.05) is 6.04 Å². The lowest BCUT2D eigenvalue weighted by molar-refractivity contribution is 0.237. The molecule has 0 aliphatic heterocycles. The normalized spacial score (nSPS) is 20.7. The standard InChI is InChI=1S/C7H14N2O3S/c10-7(9-13(11)12)8-6-4-2-1-3-5-6/h6H,1-5H2,(H,11,12)(H2,8,9,10). The van der Waals surface area contributed by atoms with Crippen molar-refractivity contribution >= 4 is 17.3 Å². The predicted octanol–water partition coefficient (Wildman–Crippen LogP) is 0.755. The van der Waals surface area contributed by atoms with E-state index in [1.807, 2.05) is 4.72 Å². The van der Waals surface area contributed by atoms with Gasteiger partial charge in [-0.2, -0.15) is 0 Å². The summed E-state index contributed by atoms with van der Waals surface area (Å²) < 4.78 is 20.4. The van der Waals surface area contributed by atoms with Crippen molar-refractivity contribution < 1.29 is 13.6 Å². The molecule has 3 N–H and O–H groups in total. The highest BCUT2D eigenvalue weighted by Gasteiger charge is 2.15. The van der Waals surface area contributed by atoms with Gasteiger partial charge in [0.25, 0.3) is 11.3 Å². The summed E-state index contributed by atoms with van der Waals surface area (Å²) in [6.45, 7) is 0. The lowest BCUT2D eigenvalue weighted by Gasteiger charge is -2.22. The van der Waals surface area contributed by atoms with Crippen LogP contribution in [0.1, 0.15) is 32.1 Å². The van der Waals surface area contributed by atoms with Crippen LogP contribution in [-0.2, 0) is 11.3 Å². The first kappa shape index (κ1) is 10.5. The molecule has 0 spiro atoms. The third-order valence-corrected chi connectivity index (χ3v) is 2.48. The number of rotatable bonds is 2. The van der Waals surface area contributed by atoms with Crippen LogP contribution in [0.2, 0.25) is 0 Å². The Morgan fingerprint density at radius 3 is 2.46 bits per heavy atom. The molecule has 13 heavy (non-hydrogen) atoms. The molecule has 1 atom stereocenters. The Morgan fingerprint density at radius 2 is 1.92 bits per heavy atom. The summed E-state index contributed by atoms with van der Waals surface area (Å²) in [6, 6.07) is -0.398. The van der Waals surface area contributed by atoms with Gasteiger partial charge in [-0.05, 0) is 12.8 Å². The fourth-order valence-corrected chi connectivity index (χ4v) is 1.76. The molecule has 0 heterocycles. The molecular weight excluding hydrogens is 192 g/mol. The monoisotopic (exact) mass is 206 g/mol. The predicted molar refractivity (Wildman–Crippen MR) is 49.3 cm³/mol. The maximum absolute atomic E-state index is 10.9. The molecular formula is C7H14N2O3S. The highest BCUT2D eigenvalue weighted by molar-refractivity contribution is 7.77.